The molecule has 0 aliphatic carbocycles. The number of amides is 1. The number of benzene rings is 1. The fourth-order valence-electron chi connectivity index (χ4n) is 1.13. The highest BCUT2D eigenvalue weighted by molar-refractivity contribution is 5.96. The largest absolute Gasteiger partial charge is 0.507 e. The normalized spacial score (nSPS) is 11.9. The highest BCUT2D eigenvalue weighted by Gasteiger charge is 2.15. The van der Waals surface area contributed by atoms with Crippen LogP contribution in [-0.2, 0) is 4.79 Å². The zero-order chi connectivity index (χ0) is 13.0. The maximum absolute atomic E-state index is 12.7. The van der Waals surface area contributed by atoms with Gasteiger partial charge in [0.05, 0.1) is 11.5 Å². The summed E-state index contributed by atoms with van der Waals surface area (Å²) in [6, 6.07) is 2.98. The van der Waals surface area contributed by atoms with E-state index in [1.54, 1.807) is 0 Å². The summed E-state index contributed by atoms with van der Waals surface area (Å²) in [5.41, 5.74) is -0.0935. The standard InChI is InChI=1S/C11H12FNO4/c1-6(11(16)17)5-13-10(15)8-3-2-7(12)4-9(8)14/h2-4,6,14H,5H2,1H3,(H,13,15)(H,16,17). The van der Waals surface area contributed by atoms with Crippen LogP contribution in [0.25, 0.3) is 0 Å². The zero-order valence-electron chi connectivity index (χ0n) is 9.11. The molecule has 1 amide bonds. The van der Waals surface area contributed by atoms with Crippen molar-refractivity contribution in [1.29, 1.82) is 0 Å². The maximum atomic E-state index is 12.7. The molecule has 1 unspecified atom stereocenters. The number of rotatable bonds is 4. The van der Waals surface area contributed by atoms with Gasteiger partial charge in [0.15, 0.2) is 0 Å². The number of carboxylic acids is 1. The van der Waals surface area contributed by atoms with E-state index in [9.17, 15) is 19.1 Å². The third-order valence-corrected chi connectivity index (χ3v) is 2.19. The van der Waals surface area contributed by atoms with Crippen molar-refractivity contribution in [2.24, 2.45) is 5.92 Å². The Bertz CT molecular complexity index is 447. The maximum Gasteiger partial charge on any atom is 0.308 e. The van der Waals surface area contributed by atoms with Crippen LogP contribution in [0.2, 0.25) is 0 Å². The SMILES string of the molecule is CC(CNC(=O)c1ccc(F)cc1O)C(=O)O. The van der Waals surface area contributed by atoms with Crippen LogP contribution in [0.4, 0.5) is 4.39 Å². The van der Waals surface area contributed by atoms with Crippen molar-refractivity contribution in [3.8, 4) is 5.75 Å². The molecule has 1 aromatic carbocycles. The molecule has 0 saturated carbocycles. The molecular formula is C11H12FNO4. The lowest BCUT2D eigenvalue weighted by atomic mass is 10.1. The first-order chi connectivity index (χ1) is 7.91. The van der Waals surface area contributed by atoms with Gasteiger partial charge >= 0.3 is 5.97 Å². The number of phenolic OH excluding ortho intramolecular Hbond substituents is 1. The molecule has 5 nitrogen and oxygen atoms in total. The summed E-state index contributed by atoms with van der Waals surface area (Å²) in [4.78, 5) is 22.0. The van der Waals surface area contributed by atoms with E-state index in [0.717, 1.165) is 18.2 Å². The Labute approximate surface area is 96.9 Å². The third-order valence-electron chi connectivity index (χ3n) is 2.19. The molecule has 0 aliphatic rings. The van der Waals surface area contributed by atoms with Crippen molar-refractivity contribution >= 4 is 11.9 Å². The number of carbonyl (C=O) groups excluding carboxylic acids is 1. The van der Waals surface area contributed by atoms with Crippen molar-refractivity contribution in [2.75, 3.05) is 6.54 Å². The number of aliphatic carboxylic acids is 1. The molecule has 3 N–H and O–H groups in total. The van der Waals surface area contributed by atoms with Crippen LogP contribution in [0, 0.1) is 11.7 Å². The number of carbonyl (C=O) groups is 2. The minimum absolute atomic E-state index is 0.0645. The van der Waals surface area contributed by atoms with Crippen molar-refractivity contribution < 1.29 is 24.2 Å². The first kappa shape index (κ1) is 13.0. The first-order valence-electron chi connectivity index (χ1n) is 4.91. The first-order valence-corrected chi connectivity index (χ1v) is 4.91. The van der Waals surface area contributed by atoms with E-state index in [-0.39, 0.29) is 12.1 Å². The molecule has 0 saturated heterocycles. The van der Waals surface area contributed by atoms with Crippen LogP contribution >= 0.6 is 0 Å². The molecule has 0 spiro atoms. The third kappa shape index (κ3) is 3.44. The minimum atomic E-state index is -1.03. The quantitative estimate of drug-likeness (QED) is 0.733. The van der Waals surface area contributed by atoms with Crippen LogP contribution in [0.5, 0.6) is 5.75 Å². The lowest BCUT2D eigenvalue weighted by Crippen LogP contribution is -2.31. The molecule has 17 heavy (non-hydrogen) atoms. The average molecular weight is 241 g/mol. The van der Waals surface area contributed by atoms with Crippen LogP contribution in [-0.4, -0.2) is 28.6 Å². The summed E-state index contributed by atoms with van der Waals surface area (Å²) < 4.78 is 12.7. The number of phenols is 1. The Morgan fingerprint density at radius 2 is 2.12 bits per heavy atom. The summed E-state index contributed by atoms with van der Waals surface area (Å²) in [6.45, 7) is 1.37. The van der Waals surface area contributed by atoms with E-state index in [0.29, 0.717) is 0 Å². The Hall–Kier alpha value is -2.11. The molecule has 0 bridgehead atoms. The Morgan fingerprint density at radius 1 is 1.47 bits per heavy atom. The summed E-state index contributed by atoms with van der Waals surface area (Å²) in [5.74, 6) is -3.55. The van der Waals surface area contributed by atoms with Crippen molar-refractivity contribution in [1.82, 2.24) is 5.32 Å². The predicted molar refractivity (Wildman–Crippen MR) is 57.2 cm³/mol. The van der Waals surface area contributed by atoms with E-state index in [1.807, 2.05) is 0 Å². The molecule has 1 atom stereocenters. The van der Waals surface area contributed by atoms with E-state index >= 15 is 0 Å². The fraction of sp³-hybridized carbons (Fsp3) is 0.273. The fourth-order valence-corrected chi connectivity index (χ4v) is 1.13. The monoisotopic (exact) mass is 241 g/mol. The lowest BCUT2D eigenvalue weighted by molar-refractivity contribution is -0.140. The van der Waals surface area contributed by atoms with Crippen molar-refractivity contribution in [3.05, 3.63) is 29.6 Å². The van der Waals surface area contributed by atoms with E-state index in [4.69, 9.17) is 5.11 Å². The number of halogens is 1. The highest BCUT2D eigenvalue weighted by atomic mass is 19.1. The number of carboxylic acid groups (broad SMARTS) is 1. The van der Waals surface area contributed by atoms with E-state index in [1.165, 1.54) is 6.92 Å². The van der Waals surface area contributed by atoms with Crippen LogP contribution in [0.3, 0.4) is 0 Å². The summed E-state index contributed by atoms with van der Waals surface area (Å²) >= 11 is 0. The van der Waals surface area contributed by atoms with Gasteiger partial charge in [0.2, 0.25) is 0 Å². The van der Waals surface area contributed by atoms with Gasteiger partial charge in [0.1, 0.15) is 11.6 Å². The number of aromatic hydroxyl groups is 1. The molecular weight excluding hydrogens is 229 g/mol. The summed E-state index contributed by atoms with van der Waals surface area (Å²) in [7, 11) is 0. The average Bonchev–Trinajstić information content (AvgIpc) is 2.25. The van der Waals surface area contributed by atoms with Crippen LogP contribution in [0.15, 0.2) is 18.2 Å². The van der Waals surface area contributed by atoms with E-state index < -0.39 is 29.4 Å². The van der Waals surface area contributed by atoms with Gasteiger partial charge in [-0.1, -0.05) is 6.92 Å². The lowest BCUT2D eigenvalue weighted by Gasteiger charge is -2.09. The smallest absolute Gasteiger partial charge is 0.308 e. The van der Waals surface area contributed by atoms with Gasteiger partial charge in [-0.25, -0.2) is 4.39 Å². The Kier molecular flexibility index (Phi) is 4.03. The molecule has 0 heterocycles. The van der Waals surface area contributed by atoms with Gasteiger partial charge in [-0.3, -0.25) is 9.59 Å². The van der Waals surface area contributed by atoms with Gasteiger partial charge in [0.25, 0.3) is 5.91 Å². The van der Waals surface area contributed by atoms with Gasteiger partial charge in [-0.15, -0.1) is 0 Å². The second-order valence-corrected chi connectivity index (χ2v) is 3.61. The van der Waals surface area contributed by atoms with Crippen molar-refractivity contribution in [3.63, 3.8) is 0 Å². The van der Waals surface area contributed by atoms with E-state index in [2.05, 4.69) is 5.32 Å². The van der Waals surface area contributed by atoms with Gasteiger partial charge in [-0.05, 0) is 12.1 Å². The topological polar surface area (TPSA) is 86.6 Å². The van der Waals surface area contributed by atoms with Crippen molar-refractivity contribution in [2.45, 2.75) is 6.92 Å². The molecule has 0 fully saturated rings. The number of nitrogens with one attached hydrogen (secondary N) is 1. The zero-order valence-corrected chi connectivity index (χ0v) is 9.11. The molecule has 6 heteroatoms. The highest BCUT2D eigenvalue weighted by Crippen LogP contribution is 2.17. The summed E-state index contributed by atoms with van der Waals surface area (Å²) in [6.07, 6.45) is 0. The van der Waals surface area contributed by atoms with Crippen LogP contribution < -0.4 is 5.32 Å². The Balaban J connectivity index is 2.67. The number of hydrogen-bond acceptors (Lipinski definition) is 3. The number of hydrogen-bond donors (Lipinski definition) is 3. The molecule has 1 aromatic rings. The molecule has 0 aliphatic heterocycles. The predicted octanol–water partition coefficient (Wildman–Crippen LogP) is 0.982. The molecule has 1 rings (SSSR count). The van der Waals surface area contributed by atoms with Gasteiger partial charge in [0, 0.05) is 12.6 Å². The minimum Gasteiger partial charge on any atom is -0.507 e. The molecule has 0 radical (unpaired) electrons. The molecule has 92 valence electrons. The summed E-state index contributed by atoms with van der Waals surface area (Å²) in [5, 5.41) is 20.3. The van der Waals surface area contributed by atoms with Crippen LogP contribution in [0.1, 0.15) is 17.3 Å². The van der Waals surface area contributed by atoms with Gasteiger partial charge < -0.3 is 15.5 Å². The van der Waals surface area contributed by atoms with Gasteiger partial charge in [-0.2, -0.15) is 0 Å². The Morgan fingerprint density at radius 3 is 2.65 bits per heavy atom. The second-order valence-electron chi connectivity index (χ2n) is 3.61. The second kappa shape index (κ2) is 5.29. The molecule has 0 aromatic heterocycles.